The van der Waals surface area contributed by atoms with Gasteiger partial charge in [-0.15, -0.1) is 0 Å². The van der Waals surface area contributed by atoms with Gasteiger partial charge in [0.1, 0.15) is 11.4 Å². The fourth-order valence-electron chi connectivity index (χ4n) is 3.94. The van der Waals surface area contributed by atoms with E-state index in [1.54, 1.807) is 22.2 Å². The number of morpholine rings is 1. The number of hydrogen-bond donors (Lipinski definition) is 1. The van der Waals surface area contributed by atoms with Crippen molar-refractivity contribution < 1.29 is 9.53 Å². The van der Waals surface area contributed by atoms with Gasteiger partial charge in [-0.05, 0) is 44.2 Å². The molecule has 0 spiro atoms. The number of carbonyl (C=O) groups is 1. The fraction of sp³-hybridized carbons (Fsp3) is 0.318. The van der Waals surface area contributed by atoms with E-state index in [2.05, 4.69) is 15.3 Å². The maximum atomic E-state index is 13.1. The number of hydrogen-bond acceptors (Lipinski definition) is 6. The van der Waals surface area contributed by atoms with Crippen LogP contribution in [0, 0.1) is 13.8 Å². The van der Waals surface area contributed by atoms with Gasteiger partial charge < -0.3 is 19.5 Å². The van der Waals surface area contributed by atoms with E-state index < -0.39 is 0 Å². The molecular weight excluding hydrogens is 412 g/mol. The number of nitrogens with zero attached hydrogens (tertiary/aromatic N) is 5. The van der Waals surface area contributed by atoms with E-state index in [-0.39, 0.29) is 5.91 Å². The summed E-state index contributed by atoms with van der Waals surface area (Å²) in [6, 6.07) is 9.90. The van der Waals surface area contributed by atoms with Crippen molar-refractivity contribution in [3.05, 3.63) is 53.5 Å². The summed E-state index contributed by atoms with van der Waals surface area (Å²) >= 11 is 1.64. The Hall–Kier alpha value is -3.17. The van der Waals surface area contributed by atoms with Crippen molar-refractivity contribution in [3.63, 3.8) is 0 Å². The first kappa shape index (κ1) is 19.8. The highest BCUT2D eigenvalue weighted by atomic mass is 32.1. The third-order valence-electron chi connectivity index (χ3n) is 5.55. The molecule has 0 aliphatic carbocycles. The third-order valence-corrected chi connectivity index (χ3v) is 6.63. The quantitative estimate of drug-likeness (QED) is 0.530. The Bertz CT molecular complexity index is 1250. The molecule has 1 saturated heterocycles. The number of rotatable bonds is 4. The minimum Gasteiger partial charge on any atom is -0.378 e. The molecule has 0 unspecified atom stereocenters. The Balaban J connectivity index is 1.42. The van der Waals surface area contributed by atoms with Gasteiger partial charge in [-0.1, -0.05) is 11.3 Å². The van der Waals surface area contributed by atoms with Gasteiger partial charge in [0.15, 0.2) is 5.13 Å². The zero-order chi connectivity index (χ0) is 21.5. The van der Waals surface area contributed by atoms with Crippen molar-refractivity contribution in [2.24, 2.45) is 7.05 Å². The summed E-state index contributed by atoms with van der Waals surface area (Å²) in [6.45, 7) is 7.20. The second-order valence-corrected chi connectivity index (χ2v) is 8.70. The first-order valence-corrected chi connectivity index (χ1v) is 11.0. The molecule has 0 radical (unpaired) electrons. The van der Waals surface area contributed by atoms with Crippen LogP contribution in [0.25, 0.3) is 16.0 Å². The van der Waals surface area contributed by atoms with Crippen molar-refractivity contribution in [1.29, 1.82) is 0 Å². The van der Waals surface area contributed by atoms with E-state index in [1.807, 2.05) is 55.8 Å². The minimum absolute atomic E-state index is 0.187. The Labute approximate surface area is 184 Å². The van der Waals surface area contributed by atoms with Gasteiger partial charge in [0.2, 0.25) is 0 Å². The molecule has 31 heavy (non-hydrogen) atoms. The fourth-order valence-corrected chi connectivity index (χ4v) is 4.99. The zero-order valence-electron chi connectivity index (χ0n) is 17.8. The summed E-state index contributed by atoms with van der Waals surface area (Å²) in [5, 5.41) is 8.36. The molecule has 0 bridgehead atoms. The lowest BCUT2D eigenvalue weighted by molar-refractivity contribution is 0.102. The maximum Gasteiger partial charge on any atom is 0.261 e. The summed E-state index contributed by atoms with van der Waals surface area (Å²) < 4.78 is 10.3. The van der Waals surface area contributed by atoms with Crippen LogP contribution in [0.4, 0.5) is 10.8 Å². The predicted octanol–water partition coefficient (Wildman–Crippen LogP) is 3.53. The molecule has 3 aromatic heterocycles. The van der Waals surface area contributed by atoms with Crippen LogP contribution in [0.3, 0.4) is 0 Å². The number of fused-ring (bicyclic) bond motifs is 1. The van der Waals surface area contributed by atoms with Crippen molar-refractivity contribution in [2.45, 2.75) is 13.8 Å². The topological polar surface area (TPSA) is 77.2 Å². The monoisotopic (exact) mass is 436 g/mol. The highest BCUT2D eigenvalue weighted by molar-refractivity contribution is 7.22. The molecule has 1 aromatic carbocycles. The summed E-state index contributed by atoms with van der Waals surface area (Å²) in [4.78, 5) is 20.1. The van der Waals surface area contributed by atoms with Gasteiger partial charge in [-0.25, -0.2) is 4.98 Å². The van der Waals surface area contributed by atoms with Crippen LogP contribution in [0.15, 0.2) is 36.5 Å². The first-order chi connectivity index (χ1) is 15.0. The molecule has 0 atom stereocenters. The van der Waals surface area contributed by atoms with Crippen LogP contribution >= 0.6 is 11.3 Å². The average molecular weight is 437 g/mol. The molecule has 8 nitrogen and oxygen atoms in total. The van der Waals surface area contributed by atoms with Crippen LogP contribution in [0.1, 0.15) is 21.7 Å². The molecule has 9 heteroatoms. The zero-order valence-corrected chi connectivity index (χ0v) is 18.6. The van der Waals surface area contributed by atoms with E-state index >= 15 is 0 Å². The molecule has 1 amide bonds. The summed E-state index contributed by atoms with van der Waals surface area (Å²) in [6.07, 6.45) is 1.62. The van der Waals surface area contributed by atoms with Crippen molar-refractivity contribution in [2.75, 3.05) is 36.5 Å². The number of ether oxygens (including phenoxy) is 1. The molecule has 0 saturated carbocycles. The van der Waals surface area contributed by atoms with Gasteiger partial charge in [-0.2, -0.15) is 5.10 Å². The smallest absolute Gasteiger partial charge is 0.261 e. The summed E-state index contributed by atoms with van der Waals surface area (Å²) in [5.41, 5.74) is 4.31. The standard InChI is InChI=1S/C22H24N6O2S/c1-14-4-5-15(2)28(14)21-17(13-23-26(21)3)20(29)24-16-6-7-18-19(12-16)31-22(25-18)27-8-10-30-11-9-27/h4-7,12-13H,8-11H2,1-3H3,(H,24,29). The highest BCUT2D eigenvalue weighted by Gasteiger charge is 2.21. The number of thiazole rings is 1. The lowest BCUT2D eigenvalue weighted by Gasteiger charge is -2.25. The number of carbonyl (C=O) groups excluding carboxylic acids is 1. The predicted molar refractivity (Wildman–Crippen MR) is 123 cm³/mol. The Morgan fingerprint density at radius 3 is 2.61 bits per heavy atom. The molecule has 1 aliphatic rings. The number of amides is 1. The van der Waals surface area contributed by atoms with E-state index in [9.17, 15) is 4.79 Å². The number of anilines is 2. The maximum absolute atomic E-state index is 13.1. The van der Waals surface area contributed by atoms with Gasteiger partial charge in [0, 0.05) is 37.2 Å². The molecule has 4 heterocycles. The number of aromatic nitrogens is 4. The Morgan fingerprint density at radius 2 is 1.87 bits per heavy atom. The van der Waals surface area contributed by atoms with Gasteiger partial charge in [-0.3, -0.25) is 9.48 Å². The normalized spacial score (nSPS) is 14.4. The van der Waals surface area contributed by atoms with Crippen LogP contribution in [-0.4, -0.2) is 51.5 Å². The van der Waals surface area contributed by atoms with Crippen LogP contribution < -0.4 is 10.2 Å². The molecule has 1 fully saturated rings. The second-order valence-electron chi connectivity index (χ2n) is 7.69. The molecule has 1 aliphatic heterocycles. The van der Waals surface area contributed by atoms with E-state index in [4.69, 9.17) is 9.72 Å². The second kappa shape index (κ2) is 7.82. The minimum atomic E-state index is -0.187. The van der Waals surface area contributed by atoms with Crippen molar-refractivity contribution in [3.8, 4) is 5.82 Å². The SMILES string of the molecule is Cc1ccc(C)n1-c1c(C(=O)Nc2ccc3nc(N4CCOCC4)sc3c2)cnn1C. The lowest BCUT2D eigenvalue weighted by atomic mass is 10.2. The molecule has 160 valence electrons. The number of nitrogens with one attached hydrogen (secondary N) is 1. The average Bonchev–Trinajstić information content (AvgIpc) is 3.45. The number of benzene rings is 1. The van der Waals surface area contributed by atoms with E-state index in [0.717, 1.165) is 64.5 Å². The van der Waals surface area contributed by atoms with Crippen molar-refractivity contribution in [1.82, 2.24) is 19.3 Å². The van der Waals surface area contributed by atoms with Crippen LogP contribution in [0.2, 0.25) is 0 Å². The summed E-state index contributed by atoms with van der Waals surface area (Å²) in [5.74, 6) is 0.568. The molecule has 1 N–H and O–H groups in total. The van der Waals surface area contributed by atoms with Gasteiger partial charge >= 0.3 is 0 Å². The Morgan fingerprint density at radius 1 is 1.13 bits per heavy atom. The highest BCUT2D eigenvalue weighted by Crippen LogP contribution is 2.31. The molecule has 4 aromatic rings. The summed E-state index contributed by atoms with van der Waals surface area (Å²) in [7, 11) is 1.85. The first-order valence-electron chi connectivity index (χ1n) is 10.2. The molecular formula is C22H24N6O2S. The van der Waals surface area contributed by atoms with Crippen LogP contribution in [-0.2, 0) is 11.8 Å². The lowest BCUT2D eigenvalue weighted by Crippen LogP contribution is -2.36. The van der Waals surface area contributed by atoms with Gasteiger partial charge in [0.25, 0.3) is 5.91 Å². The number of aryl methyl sites for hydroxylation is 3. The largest absolute Gasteiger partial charge is 0.378 e. The molecule has 5 rings (SSSR count). The van der Waals surface area contributed by atoms with E-state index in [1.165, 1.54) is 0 Å². The van der Waals surface area contributed by atoms with E-state index in [0.29, 0.717) is 5.56 Å². The Kier molecular flexibility index (Phi) is 4.99. The van der Waals surface area contributed by atoms with Crippen molar-refractivity contribution >= 4 is 38.3 Å². The third kappa shape index (κ3) is 3.60. The van der Waals surface area contributed by atoms with Gasteiger partial charge in [0.05, 0.1) is 29.6 Å². The van der Waals surface area contributed by atoms with Crippen LogP contribution in [0.5, 0.6) is 0 Å².